The number of aliphatic carboxylic acids is 1. The Morgan fingerprint density at radius 1 is 1.06 bits per heavy atom. The number of carboxylic acid groups (broad SMARTS) is 1. The van der Waals surface area contributed by atoms with E-state index in [0.29, 0.717) is 11.1 Å². The third-order valence-electron chi connectivity index (χ3n) is 5.37. The molecule has 166 valence electrons. The number of nitrogens with zero attached hydrogens (tertiary/aromatic N) is 2. The summed E-state index contributed by atoms with van der Waals surface area (Å²) in [5.74, 6) is -2.75. The molecule has 2 aromatic rings. The van der Waals surface area contributed by atoms with Gasteiger partial charge in [0.05, 0.1) is 0 Å². The number of rotatable bonds is 3. The van der Waals surface area contributed by atoms with Crippen LogP contribution >= 0.6 is 0 Å². The first-order valence-corrected chi connectivity index (χ1v) is 9.74. The summed E-state index contributed by atoms with van der Waals surface area (Å²) >= 11 is 0. The van der Waals surface area contributed by atoms with E-state index < -0.39 is 18.8 Å². The Hall–Kier alpha value is -2.94. The lowest BCUT2D eigenvalue weighted by atomic mass is 9.89. The SMILES string of the molecule is O=C(O)C(F)(F)F.O=C1c2c(CF)cccc2C[C@@H]2CN(Cc3ccccc3)CCN12. The molecular formula is C22H22F4N2O3. The van der Waals surface area contributed by atoms with Crippen LogP contribution in [-0.4, -0.2) is 58.6 Å². The number of fused-ring (bicyclic) bond motifs is 2. The maximum absolute atomic E-state index is 13.2. The topological polar surface area (TPSA) is 60.9 Å². The molecule has 31 heavy (non-hydrogen) atoms. The van der Waals surface area contributed by atoms with E-state index in [0.717, 1.165) is 38.2 Å². The molecule has 0 unspecified atom stereocenters. The molecule has 9 heteroatoms. The van der Waals surface area contributed by atoms with Gasteiger partial charge in [0, 0.05) is 37.8 Å². The molecule has 2 heterocycles. The molecule has 5 nitrogen and oxygen atoms in total. The Kier molecular flexibility index (Phi) is 6.94. The van der Waals surface area contributed by atoms with E-state index in [4.69, 9.17) is 9.90 Å². The third-order valence-corrected chi connectivity index (χ3v) is 5.37. The van der Waals surface area contributed by atoms with Crippen LogP contribution in [0.5, 0.6) is 0 Å². The van der Waals surface area contributed by atoms with Crippen LogP contribution in [0.4, 0.5) is 17.6 Å². The summed E-state index contributed by atoms with van der Waals surface area (Å²) < 4.78 is 45.0. The molecule has 0 bridgehead atoms. The van der Waals surface area contributed by atoms with E-state index in [1.54, 1.807) is 6.07 Å². The normalized spacial score (nSPS) is 18.5. The van der Waals surface area contributed by atoms with Crippen LogP contribution in [0.25, 0.3) is 0 Å². The first kappa shape index (κ1) is 22.7. The zero-order valence-electron chi connectivity index (χ0n) is 16.6. The summed E-state index contributed by atoms with van der Waals surface area (Å²) in [5.41, 5.74) is 3.43. The van der Waals surface area contributed by atoms with Gasteiger partial charge in [-0.05, 0) is 23.1 Å². The maximum atomic E-state index is 13.2. The number of amides is 1. The average molecular weight is 438 g/mol. The highest BCUT2D eigenvalue weighted by Crippen LogP contribution is 2.29. The second-order valence-electron chi connectivity index (χ2n) is 7.47. The number of carboxylic acids is 1. The van der Waals surface area contributed by atoms with Crippen LogP contribution in [0, 0.1) is 0 Å². The Balaban J connectivity index is 0.000000339. The molecule has 0 saturated carbocycles. The first-order chi connectivity index (χ1) is 14.7. The molecule has 4 rings (SSSR count). The van der Waals surface area contributed by atoms with Gasteiger partial charge >= 0.3 is 12.1 Å². The Bertz CT molecular complexity index is 934. The van der Waals surface area contributed by atoms with Gasteiger partial charge in [0.1, 0.15) is 6.67 Å². The fourth-order valence-corrected chi connectivity index (χ4v) is 3.95. The minimum atomic E-state index is -5.08. The minimum Gasteiger partial charge on any atom is -0.475 e. The van der Waals surface area contributed by atoms with Crippen molar-refractivity contribution in [3.05, 3.63) is 70.8 Å². The third kappa shape index (κ3) is 5.41. The summed E-state index contributed by atoms with van der Waals surface area (Å²) in [6.07, 6.45) is -4.26. The largest absolute Gasteiger partial charge is 0.490 e. The first-order valence-electron chi connectivity index (χ1n) is 9.74. The Labute approximate surface area is 176 Å². The van der Waals surface area contributed by atoms with Crippen molar-refractivity contribution in [1.82, 2.24) is 9.80 Å². The molecular weight excluding hydrogens is 416 g/mol. The minimum absolute atomic E-state index is 0.00820. The number of carbonyl (C=O) groups excluding carboxylic acids is 1. The molecule has 1 amide bonds. The van der Waals surface area contributed by atoms with Crippen LogP contribution in [0.15, 0.2) is 48.5 Å². The quantitative estimate of drug-likeness (QED) is 0.743. The predicted molar refractivity (Wildman–Crippen MR) is 105 cm³/mol. The van der Waals surface area contributed by atoms with Gasteiger partial charge in [0.15, 0.2) is 0 Å². The van der Waals surface area contributed by atoms with Crippen LogP contribution in [0.2, 0.25) is 0 Å². The summed E-state index contributed by atoms with van der Waals surface area (Å²) in [4.78, 5) is 26.1. The van der Waals surface area contributed by atoms with Crippen molar-refractivity contribution in [2.75, 3.05) is 19.6 Å². The number of halogens is 4. The van der Waals surface area contributed by atoms with Crippen molar-refractivity contribution in [2.45, 2.75) is 31.9 Å². The van der Waals surface area contributed by atoms with Gasteiger partial charge in [-0.1, -0.05) is 48.5 Å². The van der Waals surface area contributed by atoms with E-state index in [9.17, 15) is 22.4 Å². The van der Waals surface area contributed by atoms with Crippen molar-refractivity contribution >= 4 is 11.9 Å². The van der Waals surface area contributed by atoms with Gasteiger partial charge in [0.2, 0.25) is 0 Å². The molecule has 2 aromatic carbocycles. The fourth-order valence-electron chi connectivity index (χ4n) is 3.95. The van der Waals surface area contributed by atoms with Gasteiger partial charge in [-0.25, -0.2) is 9.18 Å². The van der Waals surface area contributed by atoms with Gasteiger partial charge < -0.3 is 10.0 Å². The number of hydrogen-bond acceptors (Lipinski definition) is 3. The molecule has 1 fully saturated rings. The van der Waals surface area contributed by atoms with Crippen LogP contribution in [-0.2, 0) is 24.4 Å². The highest BCUT2D eigenvalue weighted by atomic mass is 19.4. The highest BCUT2D eigenvalue weighted by molar-refractivity contribution is 5.98. The summed E-state index contributed by atoms with van der Waals surface area (Å²) in [6.45, 7) is 2.80. The average Bonchev–Trinajstić information content (AvgIpc) is 2.73. The maximum Gasteiger partial charge on any atom is 0.490 e. The van der Waals surface area contributed by atoms with Gasteiger partial charge in [-0.3, -0.25) is 9.69 Å². The van der Waals surface area contributed by atoms with E-state index in [1.807, 2.05) is 23.1 Å². The second kappa shape index (κ2) is 9.47. The number of piperazine rings is 1. The molecule has 2 aliphatic rings. The summed E-state index contributed by atoms with van der Waals surface area (Å²) in [7, 11) is 0. The van der Waals surface area contributed by atoms with E-state index >= 15 is 0 Å². The molecule has 1 saturated heterocycles. The zero-order chi connectivity index (χ0) is 22.6. The van der Waals surface area contributed by atoms with Crippen molar-refractivity contribution in [3.63, 3.8) is 0 Å². The van der Waals surface area contributed by atoms with Gasteiger partial charge in [-0.2, -0.15) is 13.2 Å². The summed E-state index contributed by atoms with van der Waals surface area (Å²) in [5, 5.41) is 7.12. The molecule has 0 aromatic heterocycles. The summed E-state index contributed by atoms with van der Waals surface area (Å²) in [6, 6.07) is 16.2. The molecule has 0 spiro atoms. The standard InChI is InChI=1S/C20H21FN2O.C2HF3O2/c21-12-17-8-4-7-16-11-18-14-22(13-15-5-2-1-3-6-15)9-10-23(18)20(24)19(16)17;3-2(4,5)1(6)7/h1-8,18H,9-14H2;(H,6,7)/t18-;/m1./s1. The van der Waals surface area contributed by atoms with E-state index in [2.05, 4.69) is 29.2 Å². The Morgan fingerprint density at radius 3 is 2.35 bits per heavy atom. The second-order valence-corrected chi connectivity index (χ2v) is 7.47. The van der Waals surface area contributed by atoms with Crippen LogP contribution in [0.3, 0.4) is 0 Å². The van der Waals surface area contributed by atoms with E-state index in [-0.39, 0.29) is 11.9 Å². The van der Waals surface area contributed by atoms with Crippen molar-refractivity contribution in [2.24, 2.45) is 0 Å². The smallest absolute Gasteiger partial charge is 0.475 e. The number of alkyl halides is 4. The lowest BCUT2D eigenvalue weighted by Gasteiger charge is -2.44. The van der Waals surface area contributed by atoms with Crippen molar-refractivity contribution < 1.29 is 32.3 Å². The molecule has 0 aliphatic carbocycles. The lowest BCUT2D eigenvalue weighted by Crippen LogP contribution is -2.57. The van der Waals surface area contributed by atoms with Crippen LogP contribution < -0.4 is 0 Å². The Morgan fingerprint density at radius 2 is 1.74 bits per heavy atom. The number of hydrogen-bond donors (Lipinski definition) is 1. The number of carbonyl (C=O) groups is 2. The van der Waals surface area contributed by atoms with E-state index in [1.165, 1.54) is 5.56 Å². The predicted octanol–water partition coefficient (Wildman–Crippen LogP) is 3.67. The lowest BCUT2D eigenvalue weighted by molar-refractivity contribution is -0.192. The molecule has 2 aliphatic heterocycles. The number of benzene rings is 2. The van der Waals surface area contributed by atoms with Crippen molar-refractivity contribution in [3.8, 4) is 0 Å². The molecule has 0 radical (unpaired) electrons. The van der Waals surface area contributed by atoms with Gasteiger partial charge in [0.25, 0.3) is 5.91 Å². The monoisotopic (exact) mass is 438 g/mol. The molecule has 1 atom stereocenters. The van der Waals surface area contributed by atoms with Crippen LogP contribution in [0.1, 0.15) is 27.0 Å². The zero-order valence-corrected chi connectivity index (χ0v) is 16.6. The van der Waals surface area contributed by atoms with Crippen molar-refractivity contribution in [1.29, 1.82) is 0 Å². The molecule has 1 N–H and O–H groups in total. The fraction of sp³-hybridized carbons (Fsp3) is 0.364. The van der Waals surface area contributed by atoms with Gasteiger partial charge in [-0.15, -0.1) is 0 Å². The highest BCUT2D eigenvalue weighted by Gasteiger charge is 2.38.